The Morgan fingerprint density at radius 3 is 2.50 bits per heavy atom. The lowest BCUT2D eigenvalue weighted by molar-refractivity contribution is -0.155. The Morgan fingerprint density at radius 1 is 1.17 bits per heavy atom. The molecule has 24 heavy (non-hydrogen) atoms. The number of hydrogen-bond acceptors (Lipinski definition) is 4. The summed E-state index contributed by atoms with van der Waals surface area (Å²) in [6, 6.07) is 0.00299. The van der Waals surface area contributed by atoms with Gasteiger partial charge in [0.1, 0.15) is 5.82 Å². The quantitative estimate of drug-likeness (QED) is 0.850. The topological polar surface area (TPSA) is 60.2 Å². The van der Waals surface area contributed by atoms with Crippen molar-refractivity contribution in [1.29, 1.82) is 0 Å². The van der Waals surface area contributed by atoms with E-state index >= 15 is 0 Å². The molecule has 0 radical (unpaired) electrons. The molecule has 0 bridgehead atoms. The second kappa shape index (κ2) is 6.14. The van der Waals surface area contributed by atoms with Crippen molar-refractivity contribution < 1.29 is 9.53 Å². The monoisotopic (exact) mass is 332 g/mol. The van der Waals surface area contributed by atoms with E-state index in [-0.39, 0.29) is 17.4 Å². The van der Waals surface area contributed by atoms with Crippen LogP contribution in [0.1, 0.15) is 75.5 Å². The minimum Gasteiger partial charge on any atom is -0.384 e. The number of carbonyl (C=O) groups excluding carboxylic acids is 1. The Hall–Kier alpha value is -1.43. The third-order valence-corrected chi connectivity index (χ3v) is 6.38. The van der Waals surface area contributed by atoms with Crippen LogP contribution >= 0.6 is 0 Å². The number of aromatic nitrogens is 3. The molecule has 6 heteroatoms. The molecule has 1 aromatic rings. The van der Waals surface area contributed by atoms with E-state index in [9.17, 15) is 4.79 Å². The van der Waals surface area contributed by atoms with Crippen molar-refractivity contribution in [2.45, 2.75) is 70.4 Å². The van der Waals surface area contributed by atoms with Crippen molar-refractivity contribution in [2.75, 3.05) is 20.3 Å². The fourth-order valence-corrected chi connectivity index (χ4v) is 4.77. The first kappa shape index (κ1) is 16.1. The molecule has 132 valence electrons. The molecule has 0 aromatic carbocycles. The molecule has 1 aromatic heterocycles. The zero-order valence-electron chi connectivity index (χ0n) is 14.8. The molecule has 0 spiro atoms. The van der Waals surface area contributed by atoms with E-state index in [4.69, 9.17) is 4.74 Å². The van der Waals surface area contributed by atoms with Crippen molar-refractivity contribution in [3.8, 4) is 0 Å². The van der Waals surface area contributed by atoms with Crippen LogP contribution in [-0.2, 0) is 16.1 Å². The molecule has 0 saturated heterocycles. The highest BCUT2D eigenvalue weighted by molar-refractivity contribution is 5.84. The molecule has 1 unspecified atom stereocenters. The van der Waals surface area contributed by atoms with Crippen molar-refractivity contribution >= 4 is 5.91 Å². The second-order valence-corrected chi connectivity index (χ2v) is 7.79. The van der Waals surface area contributed by atoms with Crippen molar-refractivity contribution in [3.05, 3.63) is 11.6 Å². The average Bonchev–Trinajstić information content (AvgIpc) is 3.19. The number of rotatable bonds is 4. The van der Waals surface area contributed by atoms with Crippen LogP contribution in [0.25, 0.3) is 0 Å². The lowest BCUT2D eigenvalue weighted by atomic mass is 9.68. The minimum atomic E-state index is -0.292. The van der Waals surface area contributed by atoms with Gasteiger partial charge in [0.05, 0.1) is 18.1 Å². The van der Waals surface area contributed by atoms with Gasteiger partial charge in [0.15, 0.2) is 5.82 Å². The highest BCUT2D eigenvalue weighted by atomic mass is 16.5. The van der Waals surface area contributed by atoms with Gasteiger partial charge in [-0.15, -0.1) is 10.2 Å². The van der Waals surface area contributed by atoms with Gasteiger partial charge in [-0.25, -0.2) is 0 Å². The summed E-state index contributed by atoms with van der Waals surface area (Å²) in [7, 11) is 1.69. The average molecular weight is 332 g/mol. The molecule has 1 amide bonds. The predicted molar refractivity (Wildman–Crippen MR) is 89.5 cm³/mol. The van der Waals surface area contributed by atoms with Crippen molar-refractivity contribution in [3.63, 3.8) is 0 Å². The molecule has 1 aliphatic heterocycles. The van der Waals surface area contributed by atoms with Crippen LogP contribution in [-0.4, -0.2) is 45.8 Å². The van der Waals surface area contributed by atoms with Gasteiger partial charge in [-0.2, -0.15) is 0 Å². The van der Waals surface area contributed by atoms with E-state index in [1.807, 2.05) is 4.90 Å². The summed E-state index contributed by atoms with van der Waals surface area (Å²) in [6.45, 7) is 4.22. The molecule has 2 heterocycles. The van der Waals surface area contributed by atoms with Crippen molar-refractivity contribution in [2.24, 2.45) is 5.41 Å². The lowest BCUT2D eigenvalue weighted by Gasteiger charge is -2.45. The van der Waals surface area contributed by atoms with Crippen LogP contribution < -0.4 is 0 Å². The molecular formula is C18H28N4O2. The predicted octanol–water partition coefficient (Wildman–Crippen LogP) is 2.66. The first-order valence-electron chi connectivity index (χ1n) is 9.39. The number of amides is 1. The number of ether oxygens (including phenoxy) is 1. The maximum atomic E-state index is 13.2. The van der Waals surface area contributed by atoms with Crippen LogP contribution in [0, 0.1) is 5.41 Å². The van der Waals surface area contributed by atoms with Gasteiger partial charge in [-0.05, 0) is 32.6 Å². The van der Waals surface area contributed by atoms with Gasteiger partial charge in [0.2, 0.25) is 5.91 Å². The number of fused-ring (bicyclic) bond motifs is 1. The van der Waals surface area contributed by atoms with Crippen LogP contribution in [0.15, 0.2) is 0 Å². The van der Waals surface area contributed by atoms with Gasteiger partial charge in [0, 0.05) is 26.1 Å². The van der Waals surface area contributed by atoms with E-state index in [2.05, 4.69) is 21.7 Å². The zero-order valence-corrected chi connectivity index (χ0v) is 14.8. The highest BCUT2D eigenvalue weighted by Crippen LogP contribution is 2.45. The summed E-state index contributed by atoms with van der Waals surface area (Å²) in [5, 5.41) is 8.98. The molecule has 2 saturated carbocycles. The maximum Gasteiger partial charge on any atom is 0.231 e. The third-order valence-electron chi connectivity index (χ3n) is 6.38. The smallest absolute Gasteiger partial charge is 0.231 e. The summed E-state index contributed by atoms with van der Waals surface area (Å²) in [5.41, 5.74) is -0.292. The summed E-state index contributed by atoms with van der Waals surface area (Å²) in [4.78, 5) is 15.2. The van der Waals surface area contributed by atoms with Gasteiger partial charge < -0.3 is 14.2 Å². The van der Waals surface area contributed by atoms with E-state index < -0.39 is 0 Å². The van der Waals surface area contributed by atoms with Crippen LogP contribution in [0.4, 0.5) is 0 Å². The molecule has 1 atom stereocenters. The summed E-state index contributed by atoms with van der Waals surface area (Å²) < 4.78 is 7.64. The van der Waals surface area contributed by atoms with E-state index in [1.165, 1.54) is 25.7 Å². The molecule has 3 aliphatic rings. The van der Waals surface area contributed by atoms with Gasteiger partial charge in [0.25, 0.3) is 0 Å². The largest absolute Gasteiger partial charge is 0.384 e. The SMILES string of the molecule is COCC1(C(=O)N2CCn3c(C4CCCC4)nnc3C2C)CCC1. The molecule has 4 rings (SSSR count). The maximum absolute atomic E-state index is 13.2. The third kappa shape index (κ3) is 2.38. The van der Waals surface area contributed by atoms with Crippen LogP contribution in [0.3, 0.4) is 0 Å². The summed E-state index contributed by atoms with van der Waals surface area (Å²) in [6.07, 6.45) is 8.07. The fourth-order valence-electron chi connectivity index (χ4n) is 4.77. The standard InChI is InChI=1S/C18H28N4O2/c1-13-15-19-20-16(14-6-3-4-7-14)22(15)11-10-21(13)17(23)18(12-24-2)8-5-9-18/h13-14H,3-12H2,1-2H3. The Morgan fingerprint density at radius 2 is 1.88 bits per heavy atom. The first-order chi connectivity index (χ1) is 11.7. The normalized spacial score (nSPS) is 26.2. The highest BCUT2D eigenvalue weighted by Gasteiger charge is 2.48. The fraction of sp³-hybridized carbons (Fsp3) is 0.833. The molecule has 0 N–H and O–H groups in total. The first-order valence-corrected chi connectivity index (χ1v) is 9.39. The Kier molecular flexibility index (Phi) is 4.11. The zero-order chi connectivity index (χ0) is 16.7. The van der Waals surface area contributed by atoms with E-state index in [0.29, 0.717) is 12.5 Å². The molecule has 2 aliphatic carbocycles. The lowest BCUT2D eigenvalue weighted by Crippen LogP contribution is -2.53. The second-order valence-electron chi connectivity index (χ2n) is 7.79. The van der Waals surface area contributed by atoms with Crippen LogP contribution in [0.2, 0.25) is 0 Å². The van der Waals surface area contributed by atoms with Crippen molar-refractivity contribution in [1.82, 2.24) is 19.7 Å². The molecule has 6 nitrogen and oxygen atoms in total. The van der Waals surface area contributed by atoms with Gasteiger partial charge in [-0.3, -0.25) is 4.79 Å². The van der Waals surface area contributed by atoms with Gasteiger partial charge >= 0.3 is 0 Å². The Labute approximate surface area is 143 Å². The molecular weight excluding hydrogens is 304 g/mol. The Balaban J connectivity index is 1.56. The number of carbonyl (C=O) groups is 1. The van der Waals surface area contributed by atoms with E-state index in [1.54, 1.807) is 7.11 Å². The number of nitrogens with zero attached hydrogens (tertiary/aromatic N) is 4. The van der Waals surface area contributed by atoms with Crippen LogP contribution in [0.5, 0.6) is 0 Å². The van der Waals surface area contributed by atoms with Gasteiger partial charge in [-0.1, -0.05) is 19.3 Å². The molecule has 2 fully saturated rings. The summed E-state index contributed by atoms with van der Waals surface area (Å²) in [5.74, 6) is 2.92. The number of hydrogen-bond donors (Lipinski definition) is 0. The minimum absolute atomic E-state index is 0.00299. The summed E-state index contributed by atoms with van der Waals surface area (Å²) >= 11 is 0. The number of methoxy groups -OCH3 is 1. The Bertz CT molecular complexity index is 617. The van der Waals surface area contributed by atoms with E-state index in [0.717, 1.165) is 44.0 Å².